The highest BCUT2D eigenvalue weighted by Crippen LogP contribution is 2.28. The van der Waals surface area contributed by atoms with Crippen LogP contribution in [0.3, 0.4) is 0 Å². The van der Waals surface area contributed by atoms with Crippen LogP contribution in [-0.2, 0) is 0 Å². The van der Waals surface area contributed by atoms with Crippen LogP contribution in [0, 0.1) is 19.8 Å². The standard InChI is InChI=1S/C17H19BrN4.C9H11BS.3C2H6.C2H2/c1-3-4-9-19-16-10-15(13-8-6-5-7-12(13)2)21-17-14(18)11-20-22(16)17;1-11(2,3)9-6-4-8(10)5-7-9;4*1-2/h5-8,10-11,19H,3-4,9H2,1-2H3;4-7H,1-2H2,3H3;3*1-2H3;1-2H. The van der Waals surface area contributed by atoms with Crippen molar-refractivity contribution in [3.63, 3.8) is 0 Å². The van der Waals surface area contributed by atoms with Crippen molar-refractivity contribution in [2.45, 2.75) is 73.1 Å². The first-order chi connectivity index (χ1) is 19.7. The van der Waals surface area contributed by atoms with Crippen LogP contribution in [0.4, 0.5) is 5.82 Å². The summed E-state index contributed by atoms with van der Waals surface area (Å²) in [5.74, 6) is 8.98. The smallest absolute Gasteiger partial charge is 0.172 e. The number of terminal acetylenes is 1. The Labute approximate surface area is 261 Å². The van der Waals surface area contributed by atoms with Gasteiger partial charge in [0.2, 0.25) is 0 Å². The number of nitrogens with one attached hydrogen (secondary N) is 1. The number of anilines is 1. The molecule has 0 fully saturated rings. The summed E-state index contributed by atoms with van der Waals surface area (Å²) in [6, 6.07) is 18.1. The Morgan fingerprint density at radius 2 is 1.54 bits per heavy atom. The van der Waals surface area contributed by atoms with Crippen molar-refractivity contribution in [1.29, 1.82) is 0 Å². The number of halogens is 1. The molecule has 0 spiro atoms. The third-order valence-electron chi connectivity index (χ3n) is 5.14. The number of hydrogen-bond acceptors (Lipinski definition) is 3. The first kappa shape index (κ1) is 40.2. The van der Waals surface area contributed by atoms with E-state index >= 15 is 0 Å². The number of unbranched alkanes of at least 4 members (excludes halogenated alkanes) is 1. The summed E-state index contributed by atoms with van der Waals surface area (Å²) < 4.78 is 2.75. The normalized spacial score (nSPS) is 9.46. The molecule has 0 aliphatic carbocycles. The van der Waals surface area contributed by atoms with Gasteiger partial charge in [0, 0.05) is 18.2 Å². The summed E-state index contributed by atoms with van der Waals surface area (Å²) in [5.41, 5.74) is 4.95. The van der Waals surface area contributed by atoms with E-state index in [2.05, 4.69) is 89.2 Å². The summed E-state index contributed by atoms with van der Waals surface area (Å²) in [7, 11) is 4.46. The molecule has 0 aliphatic heterocycles. The SMILES string of the molecule is C#C.CC.CC.CC.CCCCNc1cc(-c2ccccc2C)nc2c(Br)cnn12.[B]c1ccc(S(=C)(=C)C)cc1. The Morgan fingerprint density at radius 3 is 2.05 bits per heavy atom. The molecule has 0 saturated carbocycles. The van der Waals surface area contributed by atoms with E-state index in [0.29, 0.717) is 0 Å². The van der Waals surface area contributed by atoms with E-state index in [4.69, 9.17) is 12.8 Å². The van der Waals surface area contributed by atoms with Crippen LogP contribution >= 0.6 is 25.1 Å². The molecule has 4 rings (SSSR count). The number of aryl methyl sites for hydroxylation is 1. The van der Waals surface area contributed by atoms with Gasteiger partial charge in [0.25, 0.3) is 0 Å². The quantitative estimate of drug-likeness (QED) is 0.0993. The molecule has 2 heterocycles. The second kappa shape index (κ2) is 22.7. The molecule has 2 aromatic carbocycles. The van der Waals surface area contributed by atoms with E-state index in [1.54, 1.807) is 6.20 Å². The molecule has 2 aromatic heterocycles. The highest BCUT2D eigenvalue weighted by Gasteiger charge is 2.12. The van der Waals surface area contributed by atoms with Gasteiger partial charge in [-0.2, -0.15) is 18.8 Å². The molecule has 1 N–H and O–H groups in total. The zero-order chi connectivity index (χ0) is 32.0. The van der Waals surface area contributed by atoms with E-state index in [0.717, 1.165) is 52.0 Å². The van der Waals surface area contributed by atoms with Crippen LogP contribution in [0.2, 0.25) is 0 Å². The van der Waals surface area contributed by atoms with Crippen LogP contribution in [0.15, 0.2) is 70.2 Å². The molecule has 4 aromatic rings. The summed E-state index contributed by atoms with van der Waals surface area (Å²) in [5, 5.41) is 7.87. The first-order valence-electron chi connectivity index (χ1n) is 14.2. The van der Waals surface area contributed by atoms with E-state index < -0.39 is 9.21 Å². The van der Waals surface area contributed by atoms with Crippen LogP contribution < -0.4 is 10.8 Å². The zero-order valence-corrected chi connectivity index (χ0v) is 29.1. The van der Waals surface area contributed by atoms with E-state index in [1.807, 2.05) is 82.5 Å². The predicted molar refractivity (Wildman–Crippen MR) is 196 cm³/mol. The minimum atomic E-state index is -1.08. The Hall–Kier alpha value is -2.95. The van der Waals surface area contributed by atoms with Crippen LogP contribution in [-0.4, -0.2) is 47.0 Å². The maximum Gasteiger partial charge on any atom is 0.172 e. The van der Waals surface area contributed by atoms with Crippen LogP contribution in [0.1, 0.15) is 66.9 Å². The summed E-state index contributed by atoms with van der Waals surface area (Å²) in [6.45, 7) is 17.2. The fourth-order valence-corrected chi connectivity index (χ4v) is 4.39. The maximum atomic E-state index is 5.54. The highest BCUT2D eigenvalue weighted by atomic mass is 79.9. The zero-order valence-electron chi connectivity index (χ0n) is 26.7. The third kappa shape index (κ3) is 13.5. The van der Waals surface area contributed by atoms with Crippen molar-refractivity contribution < 1.29 is 0 Å². The van der Waals surface area contributed by atoms with Crippen LogP contribution in [0.25, 0.3) is 16.9 Å². The minimum absolute atomic E-state index is 0.789. The van der Waals surface area contributed by atoms with E-state index in [-0.39, 0.29) is 0 Å². The molecule has 0 atom stereocenters. The largest absolute Gasteiger partial charge is 0.370 e. The first-order valence-corrected chi connectivity index (χ1v) is 17.4. The van der Waals surface area contributed by atoms with Gasteiger partial charge in [-0.25, -0.2) is 4.98 Å². The van der Waals surface area contributed by atoms with Crippen molar-refractivity contribution in [2.24, 2.45) is 0 Å². The number of aromatic nitrogens is 3. The molecule has 7 heteroatoms. The predicted octanol–water partition coefficient (Wildman–Crippen LogP) is 9.14. The molecule has 41 heavy (non-hydrogen) atoms. The number of hydrogen-bond donors (Lipinski definition) is 1. The van der Waals surface area contributed by atoms with Crippen LogP contribution in [0.5, 0.6) is 0 Å². The number of rotatable bonds is 6. The van der Waals surface area contributed by atoms with Crippen molar-refractivity contribution in [1.82, 2.24) is 14.6 Å². The number of benzene rings is 2. The highest BCUT2D eigenvalue weighted by molar-refractivity contribution is 9.10. The Kier molecular flexibility index (Phi) is 22.3. The lowest BCUT2D eigenvalue weighted by Crippen LogP contribution is -2.08. The molecular formula is C34H50BBrN4S. The topological polar surface area (TPSA) is 42.2 Å². The molecule has 0 amide bonds. The fourth-order valence-electron chi connectivity index (χ4n) is 3.25. The van der Waals surface area contributed by atoms with Gasteiger partial charge < -0.3 is 5.32 Å². The van der Waals surface area contributed by atoms with Gasteiger partial charge in [0.05, 0.1) is 16.4 Å². The molecule has 222 valence electrons. The summed E-state index contributed by atoms with van der Waals surface area (Å²) in [4.78, 5) is 5.96. The molecule has 0 bridgehead atoms. The Bertz CT molecular complexity index is 1380. The van der Waals surface area contributed by atoms with Gasteiger partial charge in [0.1, 0.15) is 13.7 Å². The van der Waals surface area contributed by atoms with Gasteiger partial charge in [-0.15, -0.1) is 12.8 Å². The maximum absolute atomic E-state index is 5.54. The molecule has 4 nitrogen and oxygen atoms in total. The lowest BCUT2D eigenvalue weighted by atomic mass is 9.97. The van der Waals surface area contributed by atoms with Gasteiger partial charge in [-0.05, 0) is 46.0 Å². The number of nitrogens with zero attached hydrogens (tertiary/aromatic N) is 3. The molecule has 2 radical (unpaired) electrons. The number of fused-ring (bicyclic) bond motifs is 1. The van der Waals surface area contributed by atoms with E-state index in [9.17, 15) is 0 Å². The lowest BCUT2D eigenvalue weighted by molar-refractivity contribution is 0.820. The average Bonchev–Trinajstić information content (AvgIpc) is 3.38. The summed E-state index contributed by atoms with van der Waals surface area (Å²) >= 11 is 3.53. The van der Waals surface area contributed by atoms with Gasteiger partial charge in [-0.3, -0.25) is 0 Å². The Morgan fingerprint density at radius 1 is 0.976 bits per heavy atom. The lowest BCUT2D eigenvalue weighted by Gasteiger charge is -2.11. The second-order valence-corrected chi connectivity index (χ2v) is 12.1. The van der Waals surface area contributed by atoms with Gasteiger partial charge in [0.15, 0.2) is 5.65 Å². The minimum Gasteiger partial charge on any atom is -0.370 e. The molecule has 0 saturated heterocycles. The van der Waals surface area contributed by atoms with Gasteiger partial charge >= 0.3 is 0 Å². The van der Waals surface area contributed by atoms with Gasteiger partial charge in [-0.1, -0.05) is 121 Å². The fraction of sp³-hybridized carbons (Fsp3) is 0.353. The molecular weight excluding hydrogens is 587 g/mol. The van der Waals surface area contributed by atoms with Crippen molar-refractivity contribution in [3.8, 4) is 24.1 Å². The van der Waals surface area contributed by atoms with Crippen molar-refractivity contribution in [2.75, 3.05) is 18.1 Å². The van der Waals surface area contributed by atoms with E-state index in [1.165, 1.54) is 10.5 Å². The average molecular weight is 638 g/mol. The monoisotopic (exact) mass is 636 g/mol. The molecule has 0 unspecified atom stereocenters. The Balaban J connectivity index is 0. The summed E-state index contributed by atoms with van der Waals surface area (Å²) in [6.07, 6.45) is 14.1. The van der Waals surface area contributed by atoms with Crippen molar-refractivity contribution >= 4 is 61.7 Å². The molecule has 0 aliphatic rings. The third-order valence-corrected chi connectivity index (χ3v) is 7.10. The van der Waals surface area contributed by atoms with Crippen molar-refractivity contribution in [3.05, 3.63) is 70.8 Å². The second-order valence-electron chi connectivity index (χ2n) is 8.19.